The van der Waals surface area contributed by atoms with Crippen LogP contribution in [-0.2, 0) is 0 Å². The Kier molecular flexibility index (Phi) is 4.20. The normalized spacial score (nSPS) is 11.5. The Bertz CT molecular complexity index is 1880. The molecule has 1 N–H and O–H groups in total. The molecule has 7 rings (SSSR count). The molecule has 4 aromatic carbocycles. The fourth-order valence-electron chi connectivity index (χ4n) is 4.66. The second kappa shape index (κ2) is 7.53. The molecule has 0 amide bonds. The number of hydrogen-bond donors (Lipinski definition) is 1. The van der Waals surface area contributed by atoms with Gasteiger partial charge in [-0.25, -0.2) is 4.98 Å². The van der Waals surface area contributed by atoms with Crippen molar-refractivity contribution >= 4 is 55.8 Å². The molecule has 166 valence electrons. The minimum Gasteiger partial charge on any atom is -0.437 e. The lowest BCUT2D eigenvalue weighted by atomic mass is 10.1. The van der Waals surface area contributed by atoms with Crippen molar-refractivity contribution in [2.75, 3.05) is 4.90 Å². The van der Waals surface area contributed by atoms with Crippen molar-refractivity contribution < 1.29 is 4.42 Å². The first-order valence-electron chi connectivity index (χ1n) is 11.4. The number of aromatic nitrogens is 3. The Morgan fingerprint density at radius 2 is 1.37 bits per heavy atom. The average Bonchev–Trinajstić information content (AvgIpc) is 3.30. The van der Waals surface area contributed by atoms with Gasteiger partial charge in [0.15, 0.2) is 5.65 Å². The Morgan fingerprint density at radius 1 is 0.686 bits per heavy atom. The Morgan fingerprint density at radius 3 is 2.11 bits per heavy atom. The van der Waals surface area contributed by atoms with Crippen molar-refractivity contribution in [2.45, 2.75) is 0 Å². The smallest absolute Gasteiger partial charge is 0.233 e. The number of anilines is 3. The Hall–Kier alpha value is -4.97. The third kappa shape index (κ3) is 3.08. The molecular formula is C29H19N5O. The largest absolute Gasteiger partial charge is 0.437 e. The minimum atomic E-state index is 0.0932. The van der Waals surface area contributed by atoms with Crippen LogP contribution in [-0.4, -0.2) is 14.4 Å². The summed E-state index contributed by atoms with van der Waals surface area (Å²) in [6, 6.07) is 36.5. The van der Waals surface area contributed by atoms with Gasteiger partial charge in [-0.15, -0.1) is 0 Å². The second-order valence-corrected chi connectivity index (χ2v) is 8.39. The van der Waals surface area contributed by atoms with Crippen LogP contribution < -0.4 is 10.5 Å². The van der Waals surface area contributed by atoms with Crippen molar-refractivity contribution in [2.24, 2.45) is 0 Å². The maximum atomic E-state index is 8.53. The maximum absolute atomic E-state index is 8.53. The van der Waals surface area contributed by atoms with E-state index in [0.717, 1.165) is 38.9 Å². The van der Waals surface area contributed by atoms with Crippen LogP contribution in [0, 0.1) is 5.41 Å². The van der Waals surface area contributed by atoms with E-state index in [1.165, 1.54) is 0 Å². The van der Waals surface area contributed by atoms with Crippen LogP contribution >= 0.6 is 0 Å². The van der Waals surface area contributed by atoms with Gasteiger partial charge in [0, 0.05) is 28.5 Å². The van der Waals surface area contributed by atoms with Crippen LogP contribution in [0.15, 0.2) is 114 Å². The van der Waals surface area contributed by atoms with Gasteiger partial charge in [-0.2, -0.15) is 4.98 Å². The highest BCUT2D eigenvalue weighted by Crippen LogP contribution is 2.36. The van der Waals surface area contributed by atoms with Crippen molar-refractivity contribution in [3.8, 4) is 0 Å². The lowest BCUT2D eigenvalue weighted by Gasteiger charge is -2.25. The molecule has 6 heteroatoms. The van der Waals surface area contributed by atoms with E-state index >= 15 is 0 Å². The lowest BCUT2D eigenvalue weighted by Crippen LogP contribution is -2.16. The number of rotatable bonds is 3. The number of nitrogens with one attached hydrogen (secondary N) is 1. The Labute approximate surface area is 199 Å². The fourth-order valence-corrected chi connectivity index (χ4v) is 4.66. The van der Waals surface area contributed by atoms with Gasteiger partial charge in [0.1, 0.15) is 5.58 Å². The van der Waals surface area contributed by atoms with Crippen LogP contribution in [0.4, 0.5) is 17.1 Å². The van der Waals surface area contributed by atoms with Crippen molar-refractivity contribution in [3.63, 3.8) is 0 Å². The van der Waals surface area contributed by atoms with E-state index in [1.807, 2.05) is 72.8 Å². The number of para-hydroxylation sites is 4. The van der Waals surface area contributed by atoms with Gasteiger partial charge in [0.2, 0.25) is 11.3 Å². The molecule has 0 bridgehead atoms. The predicted molar refractivity (Wildman–Crippen MR) is 138 cm³/mol. The van der Waals surface area contributed by atoms with Gasteiger partial charge in [-0.05, 0) is 54.6 Å². The van der Waals surface area contributed by atoms with Crippen LogP contribution in [0.1, 0.15) is 0 Å². The molecule has 0 aliphatic carbocycles. The molecule has 35 heavy (non-hydrogen) atoms. The maximum Gasteiger partial charge on any atom is 0.233 e. The molecule has 0 spiro atoms. The molecular weight excluding hydrogens is 434 g/mol. The number of fused-ring (bicyclic) bond motifs is 6. The summed E-state index contributed by atoms with van der Waals surface area (Å²) in [5, 5.41) is 10.3. The van der Waals surface area contributed by atoms with Crippen LogP contribution in [0.3, 0.4) is 0 Å². The van der Waals surface area contributed by atoms with E-state index in [-0.39, 0.29) is 5.62 Å². The first kappa shape index (κ1) is 19.5. The van der Waals surface area contributed by atoms with Gasteiger partial charge in [0.25, 0.3) is 0 Å². The molecule has 0 saturated heterocycles. The summed E-state index contributed by atoms with van der Waals surface area (Å²) in [7, 11) is 0. The molecule has 3 aromatic heterocycles. The van der Waals surface area contributed by atoms with E-state index in [4.69, 9.17) is 14.8 Å². The van der Waals surface area contributed by atoms with Gasteiger partial charge in [0.05, 0.1) is 16.4 Å². The summed E-state index contributed by atoms with van der Waals surface area (Å²) in [4.78, 5) is 11.4. The third-order valence-corrected chi connectivity index (χ3v) is 6.24. The molecule has 0 aliphatic rings. The van der Waals surface area contributed by atoms with Crippen LogP contribution in [0.2, 0.25) is 0 Å². The summed E-state index contributed by atoms with van der Waals surface area (Å²) < 4.78 is 8.05. The lowest BCUT2D eigenvalue weighted by molar-refractivity contribution is 0.639. The standard InChI is InChI=1S/C29H19N5O/c30-29-32-28-23(27-31-24-13-7-8-14-25(24)34(27)29)17-19-15-16-22(18-26(19)35-28)33(20-9-3-1-4-10-20)21-11-5-2-6-12-21/h1-18,30H. The van der Waals surface area contributed by atoms with Crippen molar-refractivity contribution in [1.82, 2.24) is 14.4 Å². The summed E-state index contributed by atoms with van der Waals surface area (Å²) in [5.41, 5.74) is 6.62. The van der Waals surface area contributed by atoms with Gasteiger partial charge < -0.3 is 9.32 Å². The predicted octanol–water partition coefficient (Wildman–Crippen LogP) is 6.73. The monoisotopic (exact) mass is 453 g/mol. The summed E-state index contributed by atoms with van der Waals surface area (Å²) in [5.74, 6) is 0. The van der Waals surface area contributed by atoms with Crippen molar-refractivity contribution in [1.29, 1.82) is 5.41 Å². The summed E-state index contributed by atoms with van der Waals surface area (Å²) in [6.07, 6.45) is 0. The zero-order chi connectivity index (χ0) is 23.4. The molecule has 0 aliphatic heterocycles. The molecule has 0 radical (unpaired) electrons. The minimum absolute atomic E-state index is 0.0932. The van der Waals surface area contributed by atoms with Gasteiger partial charge in [-0.1, -0.05) is 48.5 Å². The highest BCUT2D eigenvalue weighted by atomic mass is 16.3. The van der Waals surface area contributed by atoms with E-state index < -0.39 is 0 Å². The van der Waals surface area contributed by atoms with E-state index in [1.54, 1.807) is 4.40 Å². The van der Waals surface area contributed by atoms with Crippen molar-refractivity contribution in [3.05, 3.63) is 115 Å². The second-order valence-electron chi connectivity index (χ2n) is 8.39. The molecule has 6 nitrogen and oxygen atoms in total. The SMILES string of the molecule is N=c1nc2oc3cc(N(c4ccccc4)c4ccccc4)ccc3cc2c2nc3ccccc3n12. The zero-order valence-electron chi connectivity index (χ0n) is 18.6. The molecule has 3 heterocycles. The fraction of sp³-hybridized carbons (Fsp3) is 0. The van der Waals surface area contributed by atoms with Gasteiger partial charge in [-0.3, -0.25) is 9.81 Å². The van der Waals surface area contributed by atoms with E-state index in [0.29, 0.717) is 16.9 Å². The number of imidazole rings is 1. The number of hydrogen-bond acceptors (Lipinski definition) is 5. The highest BCUT2D eigenvalue weighted by molar-refractivity contribution is 5.99. The molecule has 0 unspecified atom stereocenters. The Balaban J connectivity index is 1.47. The van der Waals surface area contributed by atoms with E-state index in [2.05, 4.69) is 46.3 Å². The third-order valence-electron chi connectivity index (χ3n) is 6.24. The first-order chi connectivity index (χ1) is 17.3. The molecule has 0 atom stereocenters. The topological polar surface area (TPSA) is 70.4 Å². The molecule has 0 fully saturated rings. The number of nitrogens with zero attached hydrogens (tertiary/aromatic N) is 4. The first-order valence-corrected chi connectivity index (χ1v) is 11.4. The number of benzene rings is 4. The zero-order valence-corrected chi connectivity index (χ0v) is 18.6. The molecule has 7 aromatic rings. The summed E-state index contributed by atoms with van der Waals surface area (Å²) in [6.45, 7) is 0. The van der Waals surface area contributed by atoms with Crippen LogP contribution in [0.5, 0.6) is 0 Å². The quantitative estimate of drug-likeness (QED) is 0.301. The molecule has 0 saturated carbocycles. The van der Waals surface area contributed by atoms with Gasteiger partial charge >= 0.3 is 0 Å². The highest BCUT2D eigenvalue weighted by Gasteiger charge is 2.16. The average molecular weight is 454 g/mol. The summed E-state index contributed by atoms with van der Waals surface area (Å²) >= 11 is 0. The van der Waals surface area contributed by atoms with E-state index in [9.17, 15) is 0 Å². The van der Waals surface area contributed by atoms with Crippen LogP contribution in [0.25, 0.3) is 38.7 Å².